The first-order chi connectivity index (χ1) is 14.1. The Balaban J connectivity index is 1.61. The van der Waals surface area contributed by atoms with Crippen LogP contribution in [0.1, 0.15) is 16.8 Å². The molecule has 1 amide bonds. The Bertz CT molecular complexity index is 937. The van der Waals surface area contributed by atoms with E-state index in [1.165, 1.54) is 0 Å². The molecule has 1 N–H and O–H groups in total. The van der Waals surface area contributed by atoms with E-state index in [0.717, 1.165) is 22.7 Å². The highest BCUT2D eigenvalue weighted by Crippen LogP contribution is 2.18. The van der Waals surface area contributed by atoms with E-state index in [1.54, 1.807) is 0 Å². The molecule has 0 saturated heterocycles. The van der Waals surface area contributed by atoms with Crippen molar-refractivity contribution < 1.29 is 19.1 Å². The second kappa shape index (κ2) is 10.5. The van der Waals surface area contributed by atoms with Gasteiger partial charge < -0.3 is 14.8 Å². The molecule has 1 aromatic heterocycles. The van der Waals surface area contributed by atoms with Crippen molar-refractivity contribution in [2.75, 3.05) is 0 Å². The number of benzene rings is 2. The number of alkyl carbamates (subject to hydrolysis) is 1. The number of amides is 1. The second-order valence-electron chi connectivity index (χ2n) is 6.05. The van der Waals surface area contributed by atoms with Crippen LogP contribution in [-0.4, -0.2) is 27.7 Å². The normalized spacial score (nSPS) is 11.5. The molecule has 29 heavy (non-hydrogen) atoms. The minimum atomic E-state index is -0.925. The van der Waals surface area contributed by atoms with Gasteiger partial charge in [0.15, 0.2) is 0 Å². The van der Waals surface area contributed by atoms with E-state index in [1.807, 2.05) is 60.7 Å². The molecule has 0 aliphatic rings. The molecule has 3 rings (SSSR count). The first-order valence-electron chi connectivity index (χ1n) is 8.76. The highest BCUT2D eigenvalue weighted by atomic mass is 35.5. The number of halogens is 1. The van der Waals surface area contributed by atoms with Gasteiger partial charge in [-0.2, -0.15) is 0 Å². The molecule has 1 atom stereocenters. The quantitative estimate of drug-likeness (QED) is 0.546. The molecule has 2 aromatic carbocycles. The van der Waals surface area contributed by atoms with E-state index < -0.39 is 18.1 Å². The highest BCUT2D eigenvalue weighted by molar-refractivity contribution is 7.10. The van der Waals surface area contributed by atoms with Crippen molar-refractivity contribution in [3.63, 3.8) is 0 Å². The molecular formula is C20H18ClN3O4S. The monoisotopic (exact) mass is 431 g/mol. The number of esters is 1. The number of aromatic nitrogens is 2. The SMILES string of the molecule is O=C(N[C@@H](Cc1ccccc1)C(=O)OCc1nnsc1Cl)OCc1ccccc1. The Kier molecular flexibility index (Phi) is 7.54. The van der Waals surface area contributed by atoms with Gasteiger partial charge in [0, 0.05) is 18.0 Å². The Morgan fingerprint density at radius 3 is 2.24 bits per heavy atom. The summed E-state index contributed by atoms with van der Waals surface area (Å²) in [6.07, 6.45) is -0.455. The zero-order valence-electron chi connectivity index (χ0n) is 15.3. The summed E-state index contributed by atoms with van der Waals surface area (Å²) in [5.74, 6) is -0.616. The van der Waals surface area contributed by atoms with Crippen molar-refractivity contribution in [1.29, 1.82) is 0 Å². The average molecular weight is 432 g/mol. The van der Waals surface area contributed by atoms with Gasteiger partial charge >= 0.3 is 12.1 Å². The summed E-state index contributed by atoms with van der Waals surface area (Å²) in [4.78, 5) is 24.8. The molecule has 0 spiro atoms. The van der Waals surface area contributed by atoms with Crippen LogP contribution in [0.4, 0.5) is 4.79 Å². The predicted octanol–water partition coefficient (Wildman–Crippen LogP) is 3.77. The van der Waals surface area contributed by atoms with Gasteiger partial charge in [-0.25, -0.2) is 9.59 Å². The number of hydrogen-bond acceptors (Lipinski definition) is 7. The van der Waals surface area contributed by atoms with Crippen LogP contribution in [0.15, 0.2) is 60.7 Å². The summed E-state index contributed by atoms with van der Waals surface area (Å²) in [7, 11) is 0. The lowest BCUT2D eigenvalue weighted by molar-refractivity contribution is -0.147. The third-order valence-corrected chi connectivity index (χ3v) is 4.92. The summed E-state index contributed by atoms with van der Waals surface area (Å²) in [6, 6.07) is 17.6. The van der Waals surface area contributed by atoms with Crippen molar-refractivity contribution in [1.82, 2.24) is 14.9 Å². The molecule has 0 aliphatic heterocycles. The smallest absolute Gasteiger partial charge is 0.408 e. The third kappa shape index (κ3) is 6.55. The van der Waals surface area contributed by atoms with E-state index in [-0.39, 0.29) is 19.6 Å². The maximum Gasteiger partial charge on any atom is 0.408 e. The van der Waals surface area contributed by atoms with Gasteiger partial charge in [0.05, 0.1) is 0 Å². The van der Waals surface area contributed by atoms with Crippen molar-refractivity contribution in [3.05, 3.63) is 81.8 Å². The van der Waals surface area contributed by atoms with Crippen LogP contribution >= 0.6 is 23.1 Å². The fraction of sp³-hybridized carbons (Fsp3) is 0.200. The van der Waals surface area contributed by atoms with Crippen LogP contribution in [0.5, 0.6) is 0 Å². The predicted molar refractivity (Wildman–Crippen MR) is 108 cm³/mol. The maximum absolute atomic E-state index is 12.6. The molecule has 9 heteroatoms. The molecule has 0 unspecified atom stereocenters. The molecule has 1 heterocycles. The number of hydrogen-bond donors (Lipinski definition) is 1. The summed E-state index contributed by atoms with van der Waals surface area (Å²) in [6.45, 7) is -0.0277. The number of rotatable bonds is 8. The van der Waals surface area contributed by atoms with Gasteiger partial charge in [0.25, 0.3) is 0 Å². The number of carbonyl (C=O) groups excluding carboxylic acids is 2. The largest absolute Gasteiger partial charge is 0.457 e. The van der Waals surface area contributed by atoms with Crippen LogP contribution in [0.3, 0.4) is 0 Å². The zero-order valence-corrected chi connectivity index (χ0v) is 16.9. The molecule has 3 aromatic rings. The van der Waals surface area contributed by atoms with Gasteiger partial charge in [0.1, 0.15) is 29.3 Å². The topological polar surface area (TPSA) is 90.4 Å². The van der Waals surface area contributed by atoms with Crippen molar-refractivity contribution in [2.45, 2.75) is 25.7 Å². The number of ether oxygens (including phenoxy) is 2. The summed E-state index contributed by atoms with van der Waals surface area (Å²) in [5.41, 5.74) is 2.08. The minimum Gasteiger partial charge on any atom is -0.457 e. The van der Waals surface area contributed by atoms with Gasteiger partial charge in [-0.3, -0.25) is 0 Å². The van der Waals surface area contributed by atoms with E-state index in [9.17, 15) is 9.59 Å². The van der Waals surface area contributed by atoms with E-state index in [4.69, 9.17) is 21.1 Å². The molecule has 0 fully saturated rings. The average Bonchev–Trinajstić information content (AvgIpc) is 3.16. The lowest BCUT2D eigenvalue weighted by Crippen LogP contribution is -2.43. The molecule has 0 aliphatic carbocycles. The second-order valence-corrected chi connectivity index (χ2v) is 7.41. The van der Waals surface area contributed by atoms with Gasteiger partial charge in [-0.05, 0) is 11.1 Å². The molecule has 0 bridgehead atoms. The summed E-state index contributed by atoms with van der Waals surface area (Å²) < 4.78 is 14.5. The number of nitrogens with one attached hydrogen (secondary N) is 1. The Labute approximate surface area is 176 Å². The summed E-state index contributed by atoms with van der Waals surface area (Å²) in [5, 5.41) is 6.38. The molecule has 0 saturated carbocycles. The van der Waals surface area contributed by atoms with E-state index >= 15 is 0 Å². The standard InChI is InChI=1S/C20H18ClN3O4S/c21-18-17(23-24-29-18)13-27-19(25)16(11-14-7-3-1-4-8-14)22-20(26)28-12-15-9-5-2-6-10-15/h1-10,16H,11-13H2,(H,22,26)/t16-/m0/s1. The van der Waals surface area contributed by atoms with Gasteiger partial charge in [-0.15, -0.1) is 5.10 Å². The Morgan fingerprint density at radius 1 is 0.966 bits per heavy atom. The van der Waals surface area contributed by atoms with Gasteiger partial charge in [0.2, 0.25) is 0 Å². The molecule has 0 radical (unpaired) electrons. The fourth-order valence-corrected chi connectivity index (χ4v) is 3.07. The first kappa shape index (κ1) is 20.8. The van der Waals surface area contributed by atoms with Crippen molar-refractivity contribution >= 4 is 35.2 Å². The Morgan fingerprint density at radius 2 is 1.62 bits per heavy atom. The van der Waals surface area contributed by atoms with E-state index in [0.29, 0.717) is 10.0 Å². The van der Waals surface area contributed by atoms with Crippen molar-refractivity contribution in [3.8, 4) is 0 Å². The van der Waals surface area contributed by atoms with Crippen LogP contribution in [-0.2, 0) is 33.9 Å². The van der Waals surface area contributed by atoms with Crippen LogP contribution < -0.4 is 5.32 Å². The molecular weight excluding hydrogens is 414 g/mol. The van der Waals surface area contributed by atoms with Crippen LogP contribution in [0.25, 0.3) is 0 Å². The first-order valence-corrected chi connectivity index (χ1v) is 9.91. The highest BCUT2D eigenvalue weighted by Gasteiger charge is 2.24. The molecule has 7 nitrogen and oxygen atoms in total. The van der Waals surface area contributed by atoms with Crippen molar-refractivity contribution in [2.24, 2.45) is 0 Å². The number of carbonyl (C=O) groups is 2. The van der Waals surface area contributed by atoms with Crippen LogP contribution in [0, 0.1) is 0 Å². The number of nitrogens with zero attached hydrogens (tertiary/aromatic N) is 2. The molecule has 150 valence electrons. The lowest BCUT2D eigenvalue weighted by atomic mass is 10.1. The minimum absolute atomic E-state index is 0.0971. The van der Waals surface area contributed by atoms with E-state index in [2.05, 4.69) is 14.9 Å². The third-order valence-electron chi connectivity index (χ3n) is 3.93. The zero-order chi connectivity index (χ0) is 20.5. The summed E-state index contributed by atoms with van der Waals surface area (Å²) >= 11 is 6.93. The lowest BCUT2D eigenvalue weighted by Gasteiger charge is -2.17. The van der Waals surface area contributed by atoms with Gasteiger partial charge in [-0.1, -0.05) is 76.8 Å². The van der Waals surface area contributed by atoms with Crippen LogP contribution in [0.2, 0.25) is 4.34 Å². The Hall–Kier alpha value is -2.97. The maximum atomic E-state index is 12.6. The fourth-order valence-electron chi connectivity index (χ4n) is 2.47.